The van der Waals surface area contributed by atoms with Crippen LogP contribution in [-0.2, 0) is 0 Å². The number of hydrogen-bond donors (Lipinski definition) is 2. The molecule has 2 aromatic carbocycles. The monoisotopic (exact) mass is 306 g/mol. The van der Waals surface area contributed by atoms with Crippen molar-refractivity contribution < 1.29 is 4.79 Å². The molecule has 114 valence electrons. The van der Waals surface area contributed by atoms with Gasteiger partial charge in [0.05, 0.1) is 18.1 Å². The Kier molecular flexibility index (Phi) is 4.39. The Morgan fingerprint density at radius 1 is 1.04 bits per heavy atom. The fourth-order valence-corrected chi connectivity index (χ4v) is 1.86. The first kappa shape index (κ1) is 14.5. The predicted molar refractivity (Wildman–Crippen MR) is 87.5 cm³/mol. The molecule has 0 bridgehead atoms. The van der Waals surface area contributed by atoms with Crippen molar-refractivity contribution in [1.82, 2.24) is 20.4 Å². The summed E-state index contributed by atoms with van der Waals surface area (Å²) in [5, 5.41) is 14.9. The average molecular weight is 306 g/mol. The highest BCUT2D eigenvalue weighted by Crippen LogP contribution is 2.04. The van der Waals surface area contributed by atoms with E-state index >= 15 is 0 Å². The summed E-state index contributed by atoms with van der Waals surface area (Å²) < 4.78 is 0. The van der Waals surface area contributed by atoms with Gasteiger partial charge < -0.3 is 5.32 Å². The number of benzene rings is 2. The van der Waals surface area contributed by atoms with Crippen molar-refractivity contribution in [2.24, 2.45) is 5.10 Å². The number of anilines is 1. The van der Waals surface area contributed by atoms with Gasteiger partial charge in [0.15, 0.2) is 0 Å². The number of urea groups is 1. The third-order valence-electron chi connectivity index (χ3n) is 2.89. The summed E-state index contributed by atoms with van der Waals surface area (Å²) in [6, 6.07) is 18.2. The van der Waals surface area contributed by atoms with E-state index in [4.69, 9.17) is 0 Å². The number of carbonyl (C=O) groups excluding carboxylic acids is 1. The van der Waals surface area contributed by atoms with E-state index in [2.05, 4.69) is 26.0 Å². The Morgan fingerprint density at radius 3 is 2.48 bits per heavy atom. The number of hydrogen-bond acceptors (Lipinski definition) is 4. The highest BCUT2D eigenvalue weighted by molar-refractivity contribution is 5.90. The minimum absolute atomic E-state index is 0.428. The van der Waals surface area contributed by atoms with Crippen LogP contribution in [0.3, 0.4) is 0 Å². The Morgan fingerprint density at radius 2 is 1.74 bits per heavy atom. The lowest BCUT2D eigenvalue weighted by molar-refractivity contribution is 0.252. The maximum absolute atomic E-state index is 11.7. The van der Waals surface area contributed by atoms with E-state index in [-0.39, 0.29) is 0 Å². The molecule has 0 unspecified atom stereocenters. The first-order valence-electron chi connectivity index (χ1n) is 6.94. The van der Waals surface area contributed by atoms with Crippen LogP contribution in [0.2, 0.25) is 0 Å². The van der Waals surface area contributed by atoms with Gasteiger partial charge in [0, 0.05) is 5.69 Å². The maximum atomic E-state index is 11.7. The molecule has 0 aliphatic heterocycles. The van der Waals surface area contributed by atoms with Gasteiger partial charge in [0.2, 0.25) is 0 Å². The van der Waals surface area contributed by atoms with Gasteiger partial charge in [-0.1, -0.05) is 36.4 Å². The zero-order valence-corrected chi connectivity index (χ0v) is 12.1. The molecule has 0 spiro atoms. The second-order valence-corrected chi connectivity index (χ2v) is 4.58. The third-order valence-corrected chi connectivity index (χ3v) is 2.89. The summed E-state index contributed by atoms with van der Waals surface area (Å²) in [5.41, 5.74) is 4.45. The van der Waals surface area contributed by atoms with Crippen molar-refractivity contribution in [2.45, 2.75) is 0 Å². The Hall–Kier alpha value is -3.48. The second kappa shape index (κ2) is 6.99. The zero-order valence-electron chi connectivity index (χ0n) is 12.1. The van der Waals surface area contributed by atoms with Crippen LogP contribution < -0.4 is 10.7 Å². The molecular weight excluding hydrogens is 292 g/mol. The van der Waals surface area contributed by atoms with Gasteiger partial charge in [0.25, 0.3) is 0 Å². The summed E-state index contributed by atoms with van der Waals surface area (Å²) in [6.07, 6.45) is 2.99. The molecule has 7 nitrogen and oxygen atoms in total. The van der Waals surface area contributed by atoms with E-state index in [1.807, 2.05) is 48.5 Å². The summed E-state index contributed by atoms with van der Waals surface area (Å²) in [4.78, 5) is 13.1. The van der Waals surface area contributed by atoms with Crippen molar-refractivity contribution >= 4 is 17.9 Å². The van der Waals surface area contributed by atoms with E-state index < -0.39 is 6.03 Å². The Labute approximate surface area is 132 Å². The maximum Gasteiger partial charge on any atom is 0.339 e. The number of nitrogens with zero attached hydrogens (tertiary/aromatic N) is 4. The van der Waals surface area contributed by atoms with Crippen molar-refractivity contribution in [3.8, 4) is 5.69 Å². The minimum Gasteiger partial charge on any atom is -0.307 e. The third kappa shape index (κ3) is 4.01. The molecule has 23 heavy (non-hydrogen) atoms. The van der Waals surface area contributed by atoms with Crippen LogP contribution in [0.1, 0.15) is 5.69 Å². The van der Waals surface area contributed by atoms with Crippen LogP contribution in [-0.4, -0.2) is 27.2 Å². The quantitative estimate of drug-likeness (QED) is 0.573. The number of nitrogens with one attached hydrogen (secondary N) is 2. The zero-order chi connectivity index (χ0) is 15.9. The summed E-state index contributed by atoms with van der Waals surface area (Å²) in [5.74, 6) is 0. The topological polar surface area (TPSA) is 84.2 Å². The lowest BCUT2D eigenvalue weighted by Crippen LogP contribution is -2.24. The van der Waals surface area contributed by atoms with Crippen LogP contribution in [0.4, 0.5) is 10.5 Å². The molecule has 0 aliphatic carbocycles. The normalized spacial score (nSPS) is 10.6. The van der Waals surface area contributed by atoms with Crippen molar-refractivity contribution in [2.75, 3.05) is 5.32 Å². The molecule has 0 aliphatic rings. The van der Waals surface area contributed by atoms with Crippen molar-refractivity contribution in [1.29, 1.82) is 0 Å². The lowest BCUT2D eigenvalue weighted by Gasteiger charge is -2.02. The van der Waals surface area contributed by atoms with Gasteiger partial charge in [0.1, 0.15) is 5.69 Å². The van der Waals surface area contributed by atoms with Gasteiger partial charge in [-0.05, 0) is 24.3 Å². The van der Waals surface area contributed by atoms with Gasteiger partial charge >= 0.3 is 6.03 Å². The predicted octanol–water partition coefficient (Wildman–Crippen LogP) is 2.42. The summed E-state index contributed by atoms with van der Waals surface area (Å²) in [7, 11) is 0. The molecule has 3 rings (SSSR count). The van der Waals surface area contributed by atoms with E-state index in [0.29, 0.717) is 11.4 Å². The van der Waals surface area contributed by atoms with Gasteiger partial charge in [-0.25, -0.2) is 10.2 Å². The van der Waals surface area contributed by atoms with Gasteiger partial charge in [-0.3, -0.25) is 0 Å². The number of para-hydroxylation sites is 2. The molecule has 3 aromatic rings. The van der Waals surface area contributed by atoms with Crippen LogP contribution >= 0.6 is 0 Å². The second-order valence-electron chi connectivity index (χ2n) is 4.58. The molecule has 0 atom stereocenters. The fraction of sp³-hybridized carbons (Fsp3) is 0. The van der Waals surface area contributed by atoms with Crippen LogP contribution in [0.5, 0.6) is 0 Å². The molecule has 0 radical (unpaired) electrons. The van der Waals surface area contributed by atoms with Crippen LogP contribution in [0.25, 0.3) is 5.69 Å². The minimum atomic E-state index is -0.428. The summed E-state index contributed by atoms with van der Waals surface area (Å²) >= 11 is 0. The van der Waals surface area contributed by atoms with Crippen molar-refractivity contribution in [3.05, 3.63) is 72.6 Å². The van der Waals surface area contributed by atoms with Crippen molar-refractivity contribution in [3.63, 3.8) is 0 Å². The highest BCUT2D eigenvalue weighted by atomic mass is 16.2. The van der Waals surface area contributed by atoms with E-state index in [9.17, 15) is 4.79 Å². The molecule has 1 heterocycles. The number of aromatic nitrogens is 3. The number of carbonyl (C=O) groups is 1. The van der Waals surface area contributed by atoms with E-state index in [1.54, 1.807) is 18.3 Å². The molecule has 0 fully saturated rings. The van der Waals surface area contributed by atoms with Gasteiger partial charge in [-0.15, -0.1) is 5.10 Å². The fourth-order valence-electron chi connectivity index (χ4n) is 1.86. The van der Waals surface area contributed by atoms with Crippen LogP contribution in [0.15, 0.2) is 72.0 Å². The number of amides is 2. The molecule has 2 amide bonds. The molecular formula is C16H14N6O. The first-order valence-corrected chi connectivity index (χ1v) is 6.94. The Balaban J connectivity index is 1.56. The molecule has 7 heteroatoms. The number of hydrazone groups is 1. The standard InChI is InChI=1S/C16H14N6O/c23-16(19-13-7-3-1-4-8-13)20-17-11-14-12-18-22(21-14)15-9-5-2-6-10-15/h1-12H,(H2,19,20,23)/b17-11+. The molecule has 0 saturated carbocycles. The average Bonchev–Trinajstić information content (AvgIpc) is 3.05. The Bertz CT molecular complexity index is 798. The molecule has 2 N–H and O–H groups in total. The van der Waals surface area contributed by atoms with E-state index in [1.165, 1.54) is 11.0 Å². The first-order chi connectivity index (χ1) is 11.3. The molecule has 0 saturated heterocycles. The van der Waals surface area contributed by atoms with Gasteiger partial charge in [-0.2, -0.15) is 15.0 Å². The summed E-state index contributed by atoms with van der Waals surface area (Å²) in [6.45, 7) is 0. The highest BCUT2D eigenvalue weighted by Gasteiger charge is 2.01. The van der Waals surface area contributed by atoms with E-state index in [0.717, 1.165) is 5.69 Å². The smallest absolute Gasteiger partial charge is 0.307 e. The molecule has 1 aromatic heterocycles. The SMILES string of the molecule is O=C(N/N=C/c1cnn(-c2ccccc2)n1)Nc1ccccc1. The lowest BCUT2D eigenvalue weighted by atomic mass is 10.3. The van der Waals surface area contributed by atoms with Crippen LogP contribution in [0, 0.1) is 0 Å². The number of rotatable bonds is 4. The largest absolute Gasteiger partial charge is 0.339 e.